The quantitative estimate of drug-likeness (QED) is 0.0833. The average molecular weight is 652 g/mol. The lowest BCUT2D eigenvalue weighted by molar-refractivity contribution is -0.105. The molecule has 0 aromatic heterocycles. The summed E-state index contributed by atoms with van der Waals surface area (Å²) < 4.78 is 5.73. The molecule has 4 aromatic carbocycles. The highest BCUT2D eigenvalue weighted by atomic mass is 16.6. The molecule has 11 heteroatoms. The molecular weight excluding hydrogens is 610 g/mol. The molecule has 48 heavy (non-hydrogen) atoms. The normalized spacial score (nSPS) is 14.1. The van der Waals surface area contributed by atoms with Gasteiger partial charge in [-0.1, -0.05) is 66.7 Å². The van der Waals surface area contributed by atoms with Crippen molar-refractivity contribution in [2.75, 3.05) is 43.4 Å². The third-order valence-electron chi connectivity index (χ3n) is 8.27. The molecule has 1 heterocycles. The zero-order chi connectivity index (χ0) is 33.7. The van der Waals surface area contributed by atoms with E-state index in [1.165, 1.54) is 12.1 Å². The van der Waals surface area contributed by atoms with Gasteiger partial charge in [0.15, 0.2) is 0 Å². The summed E-state index contributed by atoms with van der Waals surface area (Å²) >= 11 is 0. The van der Waals surface area contributed by atoms with Crippen LogP contribution in [0.2, 0.25) is 0 Å². The number of hydrogen-bond acceptors (Lipinski definition) is 8. The number of hydrogen-bond donors (Lipinski definition) is 6. The van der Waals surface area contributed by atoms with E-state index < -0.39 is 12.2 Å². The molecule has 11 nitrogen and oxygen atoms in total. The molecule has 1 fully saturated rings. The molecule has 3 amide bonds. The maximum Gasteiger partial charge on any atom is 0.411 e. The summed E-state index contributed by atoms with van der Waals surface area (Å²) in [5, 5.41) is 31.7. The number of nitrogens with zero attached hydrogens (tertiary/aromatic N) is 1. The Kier molecular flexibility index (Phi) is 12.1. The van der Waals surface area contributed by atoms with Gasteiger partial charge in [0, 0.05) is 50.4 Å². The van der Waals surface area contributed by atoms with Crippen LogP contribution in [0.1, 0.15) is 40.4 Å². The monoisotopic (exact) mass is 651 g/mol. The Morgan fingerprint density at radius 1 is 0.917 bits per heavy atom. The summed E-state index contributed by atoms with van der Waals surface area (Å²) in [6.07, 6.45) is 0.451. The fraction of sp³-hybridized carbons (Fsp3) is 0.270. The van der Waals surface area contributed by atoms with E-state index in [4.69, 9.17) is 4.74 Å². The Morgan fingerprint density at radius 2 is 1.65 bits per heavy atom. The molecule has 6 N–H and O–H groups in total. The van der Waals surface area contributed by atoms with Crippen molar-refractivity contribution in [1.29, 1.82) is 0 Å². The number of anilines is 2. The number of phenols is 1. The van der Waals surface area contributed by atoms with Crippen LogP contribution in [-0.2, 0) is 16.1 Å². The maximum atomic E-state index is 12.7. The lowest BCUT2D eigenvalue weighted by atomic mass is 10.0. The van der Waals surface area contributed by atoms with Crippen LogP contribution in [0.15, 0.2) is 97.1 Å². The molecule has 1 aliphatic rings. The lowest BCUT2D eigenvalue weighted by Crippen LogP contribution is -2.42. The van der Waals surface area contributed by atoms with Crippen LogP contribution < -0.4 is 21.3 Å². The van der Waals surface area contributed by atoms with Crippen molar-refractivity contribution >= 4 is 29.8 Å². The highest BCUT2D eigenvalue weighted by Gasteiger charge is 2.23. The Balaban J connectivity index is 0.976. The van der Waals surface area contributed by atoms with Crippen LogP contribution in [0.5, 0.6) is 5.75 Å². The van der Waals surface area contributed by atoms with Crippen LogP contribution in [0.4, 0.5) is 16.2 Å². The van der Waals surface area contributed by atoms with Crippen molar-refractivity contribution < 1.29 is 29.3 Å². The number of aliphatic hydroxyl groups excluding tert-OH is 1. The van der Waals surface area contributed by atoms with Crippen molar-refractivity contribution in [1.82, 2.24) is 15.5 Å². The summed E-state index contributed by atoms with van der Waals surface area (Å²) in [4.78, 5) is 38.3. The first-order valence-corrected chi connectivity index (χ1v) is 16.0. The van der Waals surface area contributed by atoms with Crippen molar-refractivity contribution in [3.8, 4) is 16.9 Å². The van der Waals surface area contributed by atoms with Crippen LogP contribution in [-0.4, -0.2) is 72.4 Å². The molecule has 4 aromatic rings. The van der Waals surface area contributed by atoms with Gasteiger partial charge >= 0.3 is 6.09 Å². The second-order valence-corrected chi connectivity index (χ2v) is 11.6. The predicted molar refractivity (Wildman–Crippen MR) is 185 cm³/mol. The number of nitrogens with one attached hydrogen (secondary N) is 4. The summed E-state index contributed by atoms with van der Waals surface area (Å²) in [6.45, 7) is 3.49. The van der Waals surface area contributed by atoms with Crippen molar-refractivity contribution in [2.24, 2.45) is 0 Å². The summed E-state index contributed by atoms with van der Waals surface area (Å²) in [5.74, 6) is -0.229. The van der Waals surface area contributed by atoms with Gasteiger partial charge in [-0.25, -0.2) is 4.79 Å². The Hall–Kier alpha value is -5.23. The molecule has 1 aliphatic heterocycles. The average Bonchev–Trinajstić information content (AvgIpc) is 3.11. The summed E-state index contributed by atoms with van der Waals surface area (Å²) in [6, 6.07) is 29.4. The Morgan fingerprint density at radius 3 is 2.40 bits per heavy atom. The van der Waals surface area contributed by atoms with E-state index in [0.717, 1.165) is 42.6 Å². The second kappa shape index (κ2) is 17.1. The molecule has 1 unspecified atom stereocenters. The van der Waals surface area contributed by atoms with Gasteiger partial charge in [-0.05, 0) is 59.9 Å². The third-order valence-corrected chi connectivity index (χ3v) is 8.27. The topological polar surface area (TPSA) is 152 Å². The van der Waals surface area contributed by atoms with Gasteiger partial charge in [0.05, 0.1) is 17.5 Å². The van der Waals surface area contributed by atoms with E-state index in [0.29, 0.717) is 42.9 Å². The Bertz CT molecular complexity index is 1660. The van der Waals surface area contributed by atoms with Gasteiger partial charge in [-0.15, -0.1) is 0 Å². The number of amides is 3. The minimum absolute atomic E-state index is 0.0782. The number of likely N-dealkylation sites (tertiary alicyclic amines) is 1. The lowest BCUT2D eigenvalue weighted by Gasteiger charge is -2.31. The number of piperidine rings is 1. The van der Waals surface area contributed by atoms with E-state index in [1.807, 2.05) is 66.7 Å². The summed E-state index contributed by atoms with van der Waals surface area (Å²) in [7, 11) is 0. The second-order valence-electron chi connectivity index (χ2n) is 11.6. The van der Waals surface area contributed by atoms with Crippen molar-refractivity contribution in [2.45, 2.75) is 31.6 Å². The van der Waals surface area contributed by atoms with Crippen molar-refractivity contribution in [3.63, 3.8) is 0 Å². The van der Waals surface area contributed by atoms with E-state index >= 15 is 0 Å². The van der Waals surface area contributed by atoms with Gasteiger partial charge in [0.2, 0.25) is 6.41 Å². The van der Waals surface area contributed by atoms with E-state index in [1.54, 1.807) is 18.2 Å². The molecule has 0 spiro atoms. The number of carbonyl (C=O) groups excluding carboxylic acids is 3. The largest absolute Gasteiger partial charge is 0.506 e. The molecule has 0 saturated carbocycles. The van der Waals surface area contributed by atoms with Crippen LogP contribution >= 0.6 is 0 Å². The van der Waals surface area contributed by atoms with Gasteiger partial charge in [-0.3, -0.25) is 14.9 Å². The molecule has 1 atom stereocenters. The van der Waals surface area contributed by atoms with E-state index in [9.17, 15) is 24.6 Å². The van der Waals surface area contributed by atoms with E-state index in [2.05, 4.69) is 26.2 Å². The number of ether oxygens (including phenoxy) is 1. The van der Waals surface area contributed by atoms with Crippen LogP contribution in [0, 0.1) is 0 Å². The van der Waals surface area contributed by atoms with Gasteiger partial charge in [-0.2, -0.15) is 0 Å². The SMILES string of the molecule is O=CNc1cc(C(O)CNCc2ccc(C(=O)NCCN3CCC(OC(=O)Nc4ccccc4-c4ccccc4)CC3)cc2)ccc1O. The fourth-order valence-corrected chi connectivity index (χ4v) is 5.62. The first kappa shape index (κ1) is 34.1. The van der Waals surface area contributed by atoms with Gasteiger partial charge in [0.25, 0.3) is 5.91 Å². The van der Waals surface area contributed by atoms with Gasteiger partial charge in [0.1, 0.15) is 11.9 Å². The molecule has 0 radical (unpaired) electrons. The van der Waals surface area contributed by atoms with Gasteiger partial charge < -0.3 is 35.8 Å². The third kappa shape index (κ3) is 9.64. The molecular formula is C37H41N5O6. The predicted octanol–water partition coefficient (Wildman–Crippen LogP) is 4.89. The number of aromatic hydroxyl groups is 1. The number of carbonyl (C=O) groups is 3. The minimum Gasteiger partial charge on any atom is -0.506 e. The number of rotatable bonds is 14. The maximum absolute atomic E-state index is 12.7. The van der Waals surface area contributed by atoms with Crippen LogP contribution in [0.25, 0.3) is 11.1 Å². The number of benzene rings is 4. The standard InChI is InChI=1S/C37H41N5O6/c43-25-40-33-22-29(14-15-34(33)44)35(45)24-38-23-26-10-12-28(13-11-26)36(46)39-18-21-42-19-16-30(17-20-42)48-37(47)41-32-9-5-4-8-31(32)27-6-2-1-3-7-27/h1-15,22,25,30,35,38,44-45H,16-21,23-24H2,(H,39,46)(H,40,43)(H,41,47). The molecule has 250 valence electrons. The summed E-state index contributed by atoms with van der Waals surface area (Å²) in [5.41, 5.74) is 4.96. The zero-order valence-corrected chi connectivity index (χ0v) is 26.6. The first-order chi connectivity index (χ1) is 23.4. The number of phenolic OH excluding ortho intramolecular Hbond substituents is 1. The molecule has 0 aliphatic carbocycles. The molecule has 0 bridgehead atoms. The first-order valence-electron chi connectivity index (χ1n) is 16.0. The Labute approximate surface area is 279 Å². The smallest absolute Gasteiger partial charge is 0.411 e. The van der Waals surface area contributed by atoms with Crippen molar-refractivity contribution in [3.05, 3.63) is 114 Å². The van der Waals surface area contributed by atoms with Crippen LogP contribution in [0.3, 0.4) is 0 Å². The molecule has 1 saturated heterocycles. The fourth-order valence-electron chi connectivity index (χ4n) is 5.62. The number of para-hydroxylation sites is 1. The highest BCUT2D eigenvalue weighted by Crippen LogP contribution is 2.28. The molecule has 5 rings (SSSR count). The zero-order valence-electron chi connectivity index (χ0n) is 26.6. The minimum atomic E-state index is -0.839. The highest BCUT2D eigenvalue weighted by molar-refractivity contribution is 5.94. The number of aliphatic hydroxyl groups is 1. The van der Waals surface area contributed by atoms with E-state index in [-0.39, 0.29) is 30.0 Å².